The largest absolute Gasteiger partial charge is 0.346 e. The van der Waals surface area contributed by atoms with Crippen molar-refractivity contribution in [1.82, 2.24) is 9.88 Å². The predicted molar refractivity (Wildman–Crippen MR) is 101 cm³/mol. The van der Waals surface area contributed by atoms with E-state index in [4.69, 9.17) is 12.2 Å². The molecule has 1 atom stereocenters. The molecule has 1 amide bonds. The molecule has 26 heavy (non-hydrogen) atoms. The lowest BCUT2D eigenvalue weighted by molar-refractivity contribution is -0.384. The Labute approximate surface area is 157 Å². The Kier molecular flexibility index (Phi) is 4.02. The van der Waals surface area contributed by atoms with E-state index in [-0.39, 0.29) is 11.6 Å². The summed E-state index contributed by atoms with van der Waals surface area (Å²) >= 11 is 6.66. The van der Waals surface area contributed by atoms with Gasteiger partial charge < -0.3 is 10.6 Å². The highest BCUT2D eigenvalue weighted by molar-refractivity contribution is 7.73. The molecule has 1 unspecified atom stereocenters. The fourth-order valence-electron chi connectivity index (χ4n) is 2.82. The van der Waals surface area contributed by atoms with E-state index < -0.39 is 11.1 Å². The first-order valence-corrected chi connectivity index (χ1v) is 8.90. The first-order chi connectivity index (χ1) is 12.5. The average Bonchev–Trinajstić information content (AvgIpc) is 2.99. The normalized spacial score (nSPS) is 15.7. The number of para-hydroxylation sites is 1. The van der Waals surface area contributed by atoms with Crippen molar-refractivity contribution in [2.45, 2.75) is 6.17 Å². The molecular weight excluding hydrogens is 372 g/mol. The number of carbonyl (C=O) groups excluding carboxylic acids is 1. The van der Waals surface area contributed by atoms with Gasteiger partial charge in [0.05, 0.1) is 4.92 Å². The molecule has 1 aromatic heterocycles. The van der Waals surface area contributed by atoms with Crippen LogP contribution in [0.25, 0.3) is 5.69 Å². The number of amides is 1. The summed E-state index contributed by atoms with van der Waals surface area (Å²) in [5, 5.41) is 17.1. The Morgan fingerprint density at radius 2 is 1.88 bits per heavy atom. The van der Waals surface area contributed by atoms with Crippen molar-refractivity contribution in [3.8, 4) is 5.69 Å². The highest BCUT2D eigenvalue weighted by atomic mass is 32.1. The van der Waals surface area contributed by atoms with Gasteiger partial charge in [-0.2, -0.15) is 0 Å². The van der Waals surface area contributed by atoms with Gasteiger partial charge in [0, 0.05) is 23.4 Å². The predicted octanol–water partition coefficient (Wildman–Crippen LogP) is 4.03. The van der Waals surface area contributed by atoms with Gasteiger partial charge >= 0.3 is 0 Å². The van der Waals surface area contributed by atoms with Gasteiger partial charge in [0.1, 0.15) is 16.9 Å². The number of nitrogens with one attached hydrogen (secondary N) is 2. The molecule has 2 heterocycles. The number of nitro groups is 1. The van der Waals surface area contributed by atoms with Gasteiger partial charge in [-0.05, 0) is 24.4 Å². The van der Waals surface area contributed by atoms with Gasteiger partial charge in [0.25, 0.3) is 11.6 Å². The van der Waals surface area contributed by atoms with E-state index >= 15 is 0 Å². The van der Waals surface area contributed by atoms with Crippen molar-refractivity contribution in [1.29, 1.82) is 0 Å². The second kappa shape index (κ2) is 6.36. The molecule has 0 fully saturated rings. The van der Waals surface area contributed by atoms with Crippen LogP contribution >= 0.6 is 23.6 Å². The van der Waals surface area contributed by atoms with Crippen LogP contribution in [-0.4, -0.2) is 15.4 Å². The SMILES string of the molecule is O=C1NC(c2cccc([N+](=O)[O-])c2)Nc2c1sc(=S)n2-c1ccccc1. The van der Waals surface area contributed by atoms with Gasteiger partial charge in [-0.1, -0.05) is 41.7 Å². The second-order valence-electron chi connectivity index (χ2n) is 5.62. The van der Waals surface area contributed by atoms with Crippen molar-refractivity contribution in [2.75, 3.05) is 5.32 Å². The summed E-state index contributed by atoms with van der Waals surface area (Å²) in [5.41, 5.74) is 1.40. The molecule has 0 aliphatic carbocycles. The highest BCUT2D eigenvalue weighted by Gasteiger charge is 2.30. The Hall–Kier alpha value is -3.04. The van der Waals surface area contributed by atoms with Crippen LogP contribution < -0.4 is 10.6 Å². The number of hydrogen-bond donors (Lipinski definition) is 2. The number of nitrogens with zero attached hydrogens (tertiary/aromatic N) is 2. The monoisotopic (exact) mass is 384 g/mol. The number of fused-ring (bicyclic) bond motifs is 1. The topological polar surface area (TPSA) is 89.2 Å². The molecule has 3 aromatic rings. The number of nitro benzene ring substituents is 1. The fourth-order valence-corrected chi connectivity index (χ4v) is 4.13. The summed E-state index contributed by atoms with van der Waals surface area (Å²) in [6, 6.07) is 15.7. The van der Waals surface area contributed by atoms with Crippen LogP contribution in [-0.2, 0) is 0 Å². The lowest BCUT2D eigenvalue weighted by Gasteiger charge is -2.27. The molecule has 0 spiro atoms. The minimum atomic E-state index is -0.589. The van der Waals surface area contributed by atoms with Gasteiger partial charge in [0.15, 0.2) is 3.95 Å². The molecule has 9 heteroatoms. The average molecular weight is 384 g/mol. The third-order valence-electron chi connectivity index (χ3n) is 4.00. The van der Waals surface area contributed by atoms with E-state index in [1.165, 1.54) is 23.5 Å². The Balaban J connectivity index is 1.79. The molecule has 1 aliphatic rings. The van der Waals surface area contributed by atoms with E-state index in [9.17, 15) is 14.9 Å². The highest BCUT2D eigenvalue weighted by Crippen LogP contribution is 2.34. The molecule has 130 valence electrons. The number of rotatable bonds is 3. The van der Waals surface area contributed by atoms with E-state index in [0.29, 0.717) is 20.2 Å². The van der Waals surface area contributed by atoms with E-state index in [1.807, 2.05) is 30.3 Å². The maximum absolute atomic E-state index is 12.6. The zero-order valence-corrected chi connectivity index (χ0v) is 14.8. The number of hydrogen-bond acceptors (Lipinski definition) is 6. The standard InChI is InChI=1S/C17H12N4O3S2/c22-16-13-15(20(17(25)26-13)11-6-2-1-3-7-11)18-14(19-16)10-5-4-8-12(9-10)21(23)24/h1-9,14,18H,(H,19,22). The third-order valence-corrected chi connectivity index (χ3v) is 5.37. The summed E-state index contributed by atoms with van der Waals surface area (Å²) in [7, 11) is 0. The molecule has 0 saturated carbocycles. The number of thiazole rings is 1. The van der Waals surface area contributed by atoms with Gasteiger partial charge in [-0.25, -0.2) is 0 Å². The molecule has 0 bridgehead atoms. The summed E-state index contributed by atoms with van der Waals surface area (Å²) in [6.07, 6.45) is -0.589. The smallest absolute Gasteiger partial charge is 0.269 e. The van der Waals surface area contributed by atoms with Crippen molar-refractivity contribution in [3.63, 3.8) is 0 Å². The first-order valence-electron chi connectivity index (χ1n) is 7.67. The molecule has 2 aromatic carbocycles. The fraction of sp³-hybridized carbons (Fsp3) is 0.0588. The second-order valence-corrected chi connectivity index (χ2v) is 7.26. The Morgan fingerprint density at radius 1 is 1.12 bits per heavy atom. The van der Waals surface area contributed by atoms with E-state index in [1.54, 1.807) is 16.7 Å². The maximum Gasteiger partial charge on any atom is 0.269 e. The van der Waals surface area contributed by atoms with Crippen molar-refractivity contribution >= 4 is 41.0 Å². The van der Waals surface area contributed by atoms with Crippen molar-refractivity contribution in [2.24, 2.45) is 0 Å². The Bertz CT molecular complexity index is 1080. The molecule has 2 N–H and O–H groups in total. The van der Waals surface area contributed by atoms with Crippen molar-refractivity contribution < 1.29 is 9.72 Å². The van der Waals surface area contributed by atoms with Crippen LogP contribution in [0.2, 0.25) is 0 Å². The first kappa shape index (κ1) is 16.4. The lowest BCUT2D eigenvalue weighted by atomic mass is 10.1. The van der Waals surface area contributed by atoms with Gasteiger partial charge in [-0.3, -0.25) is 19.5 Å². The number of anilines is 1. The lowest BCUT2D eigenvalue weighted by Crippen LogP contribution is -2.38. The molecule has 0 saturated heterocycles. The number of carbonyl (C=O) groups is 1. The minimum Gasteiger partial charge on any atom is -0.346 e. The molecule has 0 radical (unpaired) electrons. The van der Waals surface area contributed by atoms with Gasteiger partial charge in [-0.15, -0.1) is 0 Å². The molecule has 7 nitrogen and oxygen atoms in total. The number of aromatic nitrogens is 1. The van der Waals surface area contributed by atoms with Crippen LogP contribution in [0.3, 0.4) is 0 Å². The zero-order chi connectivity index (χ0) is 18.3. The quantitative estimate of drug-likeness (QED) is 0.404. The van der Waals surface area contributed by atoms with Crippen molar-refractivity contribution in [3.05, 3.63) is 79.1 Å². The van der Waals surface area contributed by atoms with E-state index in [0.717, 1.165) is 5.69 Å². The molecule has 1 aliphatic heterocycles. The summed E-state index contributed by atoms with van der Waals surface area (Å²) in [6.45, 7) is 0. The zero-order valence-electron chi connectivity index (χ0n) is 13.2. The van der Waals surface area contributed by atoms with Crippen LogP contribution in [0.5, 0.6) is 0 Å². The number of non-ortho nitro benzene ring substituents is 1. The van der Waals surface area contributed by atoms with Crippen LogP contribution in [0.1, 0.15) is 21.4 Å². The van der Waals surface area contributed by atoms with E-state index in [2.05, 4.69) is 10.6 Å². The summed E-state index contributed by atoms with van der Waals surface area (Å²) < 4.78 is 2.35. The maximum atomic E-state index is 12.6. The van der Waals surface area contributed by atoms with Gasteiger partial charge in [0.2, 0.25) is 0 Å². The van der Waals surface area contributed by atoms with Crippen LogP contribution in [0.15, 0.2) is 54.6 Å². The summed E-state index contributed by atoms with van der Waals surface area (Å²) in [5.74, 6) is 0.326. The Morgan fingerprint density at radius 3 is 2.62 bits per heavy atom. The van der Waals surface area contributed by atoms with Crippen LogP contribution in [0.4, 0.5) is 11.5 Å². The van der Waals surface area contributed by atoms with Crippen LogP contribution in [0, 0.1) is 14.1 Å². The molecule has 4 rings (SSSR count). The third kappa shape index (κ3) is 2.76. The molecular formula is C17H12N4O3S2. The number of benzene rings is 2. The summed E-state index contributed by atoms with van der Waals surface area (Å²) in [4.78, 5) is 23.6. The minimum absolute atomic E-state index is 0.0328.